The minimum Gasteiger partial charge on any atom is -0.497 e. The highest BCUT2D eigenvalue weighted by Gasteiger charge is 2.40. The fraction of sp³-hybridized carbons (Fsp3) is 0.800. The van der Waals surface area contributed by atoms with Crippen molar-refractivity contribution in [1.82, 2.24) is 15.5 Å². The van der Waals surface area contributed by atoms with Crippen LogP contribution < -0.4 is 10.6 Å². The van der Waals surface area contributed by atoms with E-state index in [0.717, 1.165) is 0 Å². The second kappa shape index (κ2) is 8.66. The van der Waals surface area contributed by atoms with Gasteiger partial charge in [-0.2, -0.15) is 0 Å². The van der Waals surface area contributed by atoms with Crippen LogP contribution in [0.3, 0.4) is 0 Å². The van der Waals surface area contributed by atoms with Crippen LogP contribution in [0.15, 0.2) is 0 Å². The summed E-state index contributed by atoms with van der Waals surface area (Å²) in [6, 6.07) is 0. The van der Waals surface area contributed by atoms with Crippen molar-refractivity contribution in [2.75, 3.05) is 20.1 Å². The molecule has 0 amide bonds. The van der Waals surface area contributed by atoms with Crippen LogP contribution in [0.2, 0.25) is 0 Å². The van der Waals surface area contributed by atoms with Gasteiger partial charge in [0.05, 0.1) is 19.0 Å². The molecule has 2 N–H and O–H groups in total. The number of carbonyl (C=O) groups is 2. The minimum absolute atomic E-state index is 0.0463. The number of hydrogen-bond donors (Lipinski definition) is 2. The lowest BCUT2D eigenvalue weighted by Crippen LogP contribution is -2.57. The predicted octanol–water partition coefficient (Wildman–Crippen LogP) is 0.723. The number of nitrogens with one attached hydrogen (secondary N) is 2. The van der Waals surface area contributed by atoms with Crippen molar-refractivity contribution < 1.29 is 18.9 Å². The SMILES string of the molecule is CC(C)CC(NC(=S)NC(C)(C)C)B1OC(=O)CN(C)CC(=O)O1. The summed E-state index contributed by atoms with van der Waals surface area (Å²) in [6.45, 7) is 10.1. The molecule has 0 aromatic heterocycles. The molecule has 1 fully saturated rings. The van der Waals surface area contributed by atoms with E-state index in [0.29, 0.717) is 17.5 Å². The van der Waals surface area contributed by atoms with Gasteiger partial charge in [0.15, 0.2) is 5.11 Å². The van der Waals surface area contributed by atoms with Gasteiger partial charge >= 0.3 is 19.1 Å². The molecule has 7 nitrogen and oxygen atoms in total. The molecule has 1 rings (SSSR count). The van der Waals surface area contributed by atoms with Crippen molar-refractivity contribution in [2.45, 2.75) is 52.5 Å². The summed E-state index contributed by atoms with van der Waals surface area (Å²) in [4.78, 5) is 25.4. The average molecular weight is 357 g/mol. The van der Waals surface area contributed by atoms with Gasteiger partial charge in [0, 0.05) is 5.54 Å². The molecule has 1 saturated heterocycles. The van der Waals surface area contributed by atoms with Gasteiger partial charge < -0.3 is 19.9 Å². The van der Waals surface area contributed by atoms with Gasteiger partial charge in [0.2, 0.25) is 0 Å². The van der Waals surface area contributed by atoms with Crippen LogP contribution in [0.1, 0.15) is 41.0 Å². The molecule has 0 spiro atoms. The van der Waals surface area contributed by atoms with Crippen molar-refractivity contribution >= 4 is 36.4 Å². The van der Waals surface area contributed by atoms with Gasteiger partial charge in [-0.25, -0.2) is 0 Å². The normalized spacial score (nSPS) is 18.4. The first-order chi connectivity index (χ1) is 11.0. The second-order valence-corrected chi connectivity index (χ2v) is 8.01. The Morgan fingerprint density at radius 2 is 1.75 bits per heavy atom. The number of nitrogens with zero attached hydrogens (tertiary/aromatic N) is 1. The van der Waals surface area contributed by atoms with E-state index in [1.807, 2.05) is 34.6 Å². The molecule has 1 atom stereocenters. The van der Waals surface area contributed by atoms with Crippen LogP contribution in [0.5, 0.6) is 0 Å². The number of thiocarbonyl (C=S) groups is 1. The molecule has 136 valence electrons. The van der Waals surface area contributed by atoms with E-state index in [1.165, 1.54) is 0 Å². The van der Waals surface area contributed by atoms with Gasteiger partial charge in [0.1, 0.15) is 0 Å². The molecule has 1 unspecified atom stereocenters. The molecule has 1 aliphatic heterocycles. The van der Waals surface area contributed by atoms with E-state index < -0.39 is 25.0 Å². The Hall–Kier alpha value is -1.35. The summed E-state index contributed by atoms with van der Waals surface area (Å²) in [5.74, 6) is -0.977. The van der Waals surface area contributed by atoms with E-state index in [9.17, 15) is 9.59 Å². The highest BCUT2D eigenvalue weighted by Crippen LogP contribution is 2.12. The van der Waals surface area contributed by atoms with Crippen LogP contribution in [-0.4, -0.2) is 60.7 Å². The smallest absolute Gasteiger partial charge is 0.497 e. The third kappa shape index (κ3) is 7.96. The Morgan fingerprint density at radius 1 is 1.25 bits per heavy atom. The summed E-state index contributed by atoms with van der Waals surface area (Å²) in [7, 11) is 0.663. The average Bonchev–Trinajstić information content (AvgIpc) is 2.31. The standard InChI is InChI=1S/C15H28BN3O4S/c1-10(2)7-11(17-14(24)18-15(3,4)5)16-22-12(20)8-19(6)9-13(21)23-16/h10-11H,7-9H2,1-6H3,(H2,17,18,24). The summed E-state index contributed by atoms with van der Waals surface area (Å²) in [6.07, 6.45) is 0.632. The lowest BCUT2D eigenvalue weighted by atomic mass is 9.73. The van der Waals surface area contributed by atoms with Crippen molar-refractivity contribution in [1.29, 1.82) is 0 Å². The molecule has 1 aliphatic rings. The van der Waals surface area contributed by atoms with Crippen LogP contribution >= 0.6 is 12.2 Å². The molecule has 0 aromatic rings. The molecule has 0 aliphatic carbocycles. The highest BCUT2D eigenvalue weighted by atomic mass is 32.1. The molecule has 9 heteroatoms. The summed E-state index contributed by atoms with van der Waals surface area (Å²) < 4.78 is 10.7. The first-order valence-corrected chi connectivity index (χ1v) is 8.53. The number of hydrogen-bond acceptors (Lipinski definition) is 6. The molecule has 0 aromatic carbocycles. The zero-order valence-corrected chi connectivity index (χ0v) is 16.2. The van der Waals surface area contributed by atoms with Crippen LogP contribution in [0.4, 0.5) is 0 Å². The van der Waals surface area contributed by atoms with Crippen molar-refractivity contribution in [3.8, 4) is 0 Å². The summed E-state index contributed by atoms with van der Waals surface area (Å²) in [5, 5.41) is 6.71. The van der Waals surface area contributed by atoms with Crippen LogP contribution in [0, 0.1) is 5.92 Å². The van der Waals surface area contributed by atoms with Crippen molar-refractivity contribution in [3.63, 3.8) is 0 Å². The lowest BCUT2D eigenvalue weighted by molar-refractivity contribution is -0.146. The van der Waals surface area contributed by atoms with Gasteiger partial charge in [0.25, 0.3) is 0 Å². The Bertz CT molecular complexity index is 462. The fourth-order valence-corrected chi connectivity index (χ4v) is 2.77. The van der Waals surface area contributed by atoms with Gasteiger partial charge in [-0.15, -0.1) is 0 Å². The van der Waals surface area contributed by atoms with E-state index in [1.54, 1.807) is 11.9 Å². The first kappa shape index (κ1) is 20.7. The highest BCUT2D eigenvalue weighted by molar-refractivity contribution is 7.80. The summed E-state index contributed by atoms with van der Waals surface area (Å²) in [5.41, 5.74) is -0.205. The topological polar surface area (TPSA) is 79.9 Å². The molecule has 0 radical (unpaired) electrons. The maximum absolute atomic E-state index is 11.9. The Balaban J connectivity index is 2.86. The van der Waals surface area contributed by atoms with Gasteiger partial charge in [-0.1, -0.05) is 13.8 Å². The first-order valence-electron chi connectivity index (χ1n) is 8.12. The maximum Gasteiger partial charge on any atom is 0.622 e. The predicted molar refractivity (Wildman–Crippen MR) is 97.3 cm³/mol. The van der Waals surface area contributed by atoms with Gasteiger partial charge in [-0.05, 0) is 52.4 Å². The van der Waals surface area contributed by atoms with E-state index >= 15 is 0 Å². The van der Waals surface area contributed by atoms with E-state index in [2.05, 4.69) is 10.6 Å². The van der Waals surface area contributed by atoms with Crippen LogP contribution in [0.25, 0.3) is 0 Å². The molecule has 0 bridgehead atoms. The minimum atomic E-state index is -0.999. The Labute approximate surface area is 150 Å². The second-order valence-electron chi connectivity index (χ2n) is 7.60. The zero-order chi connectivity index (χ0) is 18.5. The third-order valence-electron chi connectivity index (χ3n) is 3.15. The van der Waals surface area contributed by atoms with Crippen molar-refractivity contribution in [3.05, 3.63) is 0 Å². The van der Waals surface area contributed by atoms with E-state index in [-0.39, 0.29) is 18.6 Å². The maximum atomic E-state index is 11.9. The van der Waals surface area contributed by atoms with E-state index in [4.69, 9.17) is 21.5 Å². The molecule has 1 heterocycles. The van der Waals surface area contributed by atoms with Crippen LogP contribution in [-0.2, 0) is 18.9 Å². The van der Waals surface area contributed by atoms with Crippen molar-refractivity contribution in [2.24, 2.45) is 5.92 Å². The molecule has 24 heavy (non-hydrogen) atoms. The Morgan fingerprint density at radius 3 is 2.17 bits per heavy atom. The quantitative estimate of drug-likeness (QED) is 0.563. The lowest BCUT2D eigenvalue weighted by Gasteiger charge is -2.30. The summed E-state index contributed by atoms with van der Waals surface area (Å²) >= 11 is 5.33. The number of likely N-dealkylation sites (N-methyl/N-ethyl adjacent to an activating group) is 1. The fourth-order valence-electron chi connectivity index (χ4n) is 2.31. The molecular weight excluding hydrogens is 329 g/mol. The number of rotatable bonds is 4. The van der Waals surface area contributed by atoms with Gasteiger partial charge in [-0.3, -0.25) is 14.5 Å². The number of carbonyl (C=O) groups excluding carboxylic acids is 2. The third-order valence-corrected chi connectivity index (χ3v) is 3.37. The largest absolute Gasteiger partial charge is 0.622 e. The monoisotopic (exact) mass is 357 g/mol. The molecule has 0 saturated carbocycles. The zero-order valence-electron chi connectivity index (χ0n) is 15.3. The molecular formula is C15H28BN3O4S. The Kier molecular flexibility index (Phi) is 7.47.